The molecule has 1 aliphatic rings. The van der Waals surface area contributed by atoms with E-state index in [1.54, 1.807) is 0 Å². The van der Waals surface area contributed by atoms with Crippen molar-refractivity contribution >= 4 is 11.6 Å². The molecular weight excluding hydrogens is 228 g/mol. The van der Waals surface area contributed by atoms with Crippen molar-refractivity contribution in [2.75, 3.05) is 18.0 Å². The van der Waals surface area contributed by atoms with Gasteiger partial charge in [0.15, 0.2) is 0 Å². The number of aliphatic hydroxyl groups is 1. The van der Waals surface area contributed by atoms with Crippen LogP contribution < -0.4 is 10.2 Å². The van der Waals surface area contributed by atoms with Crippen LogP contribution in [0.1, 0.15) is 31.9 Å². The summed E-state index contributed by atoms with van der Waals surface area (Å²) in [7, 11) is 0. The summed E-state index contributed by atoms with van der Waals surface area (Å²) in [6.45, 7) is 5.28. The Morgan fingerprint density at radius 1 is 1.50 bits per heavy atom. The molecule has 1 aromatic carbocycles. The predicted molar refractivity (Wildman–Crippen MR) is 71.5 cm³/mol. The average molecular weight is 248 g/mol. The number of anilines is 1. The minimum Gasteiger partial charge on any atom is -0.388 e. The quantitative estimate of drug-likeness (QED) is 0.851. The van der Waals surface area contributed by atoms with E-state index < -0.39 is 6.10 Å². The van der Waals surface area contributed by atoms with E-state index >= 15 is 0 Å². The van der Waals surface area contributed by atoms with Crippen molar-refractivity contribution in [3.8, 4) is 0 Å². The Labute approximate surface area is 108 Å². The molecule has 1 unspecified atom stereocenters. The summed E-state index contributed by atoms with van der Waals surface area (Å²) in [4.78, 5) is 13.8. The highest BCUT2D eigenvalue weighted by Crippen LogP contribution is 2.29. The molecule has 1 amide bonds. The van der Waals surface area contributed by atoms with Gasteiger partial charge in [0.05, 0.1) is 6.10 Å². The number of rotatable bonds is 3. The van der Waals surface area contributed by atoms with Gasteiger partial charge in [-0.15, -0.1) is 0 Å². The Bertz CT molecular complexity index is 434. The molecule has 1 aromatic rings. The first-order valence-corrected chi connectivity index (χ1v) is 6.46. The molecule has 1 fully saturated rings. The molecule has 2 N–H and O–H groups in total. The third-order valence-corrected chi connectivity index (χ3v) is 3.49. The molecule has 0 bridgehead atoms. The normalized spacial score (nSPS) is 21.6. The summed E-state index contributed by atoms with van der Waals surface area (Å²) < 4.78 is 0. The smallest absolute Gasteiger partial charge is 0.242 e. The molecule has 0 radical (unpaired) electrons. The number of amides is 1. The lowest BCUT2D eigenvalue weighted by Crippen LogP contribution is -2.54. The lowest BCUT2D eigenvalue weighted by atomic mass is 10.0. The van der Waals surface area contributed by atoms with Gasteiger partial charge in [0.2, 0.25) is 5.91 Å². The number of hydrogen-bond donors (Lipinski definition) is 2. The summed E-state index contributed by atoms with van der Waals surface area (Å²) in [6.07, 6.45) is 0.198. The second-order valence-corrected chi connectivity index (χ2v) is 4.64. The van der Waals surface area contributed by atoms with Gasteiger partial charge in [-0.3, -0.25) is 4.79 Å². The maximum absolute atomic E-state index is 11.7. The van der Waals surface area contributed by atoms with E-state index in [2.05, 4.69) is 10.2 Å². The Hall–Kier alpha value is -1.55. The monoisotopic (exact) mass is 248 g/mol. The van der Waals surface area contributed by atoms with E-state index in [1.807, 2.05) is 38.1 Å². The molecule has 4 nitrogen and oxygen atoms in total. The fourth-order valence-corrected chi connectivity index (χ4v) is 2.36. The molecule has 0 aromatic heterocycles. The van der Waals surface area contributed by atoms with Gasteiger partial charge in [0, 0.05) is 24.3 Å². The van der Waals surface area contributed by atoms with Crippen LogP contribution in [0.2, 0.25) is 0 Å². The van der Waals surface area contributed by atoms with Crippen LogP contribution in [-0.4, -0.2) is 30.1 Å². The van der Waals surface area contributed by atoms with Crippen LogP contribution in [0.3, 0.4) is 0 Å². The van der Waals surface area contributed by atoms with Gasteiger partial charge in [0.1, 0.15) is 6.04 Å². The standard InChI is InChI=1S/C14H20N2O2/c1-3-13(17)11-6-4-5-7-12(11)16-9-8-15-14(18)10(16)2/h4-7,10,13,17H,3,8-9H2,1-2H3,(H,15,18)/t10?,13-/m0/s1. The van der Waals surface area contributed by atoms with Gasteiger partial charge in [-0.2, -0.15) is 0 Å². The first-order chi connectivity index (χ1) is 8.65. The molecule has 4 heteroatoms. The second kappa shape index (κ2) is 5.40. The number of nitrogens with zero attached hydrogens (tertiary/aromatic N) is 1. The molecule has 1 saturated heterocycles. The fourth-order valence-electron chi connectivity index (χ4n) is 2.36. The van der Waals surface area contributed by atoms with Crippen molar-refractivity contribution in [2.45, 2.75) is 32.4 Å². The van der Waals surface area contributed by atoms with Gasteiger partial charge >= 0.3 is 0 Å². The number of benzene rings is 1. The summed E-state index contributed by atoms with van der Waals surface area (Å²) in [6, 6.07) is 7.59. The van der Waals surface area contributed by atoms with E-state index in [0.717, 1.165) is 17.8 Å². The number of piperazine rings is 1. The van der Waals surface area contributed by atoms with Gasteiger partial charge in [-0.1, -0.05) is 25.1 Å². The highest BCUT2D eigenvalue weighted by atomic mass is 16.3. The van der Waals surface area contributed by atoms with Crippen LogP contribution in [-0.2, 0) is 4.79 Å². The van der Waals surface area contributed by atoms with Crippen LogP contribution in [0.5, 0.6) is 0 Å². The number of nitrogens with one attached hydrogen (secondary N) is 1. The molecule has 1 heterocycles. The van der Waals surface area contributed by atoms with Crippen LogP contribution in [0.4, 0.5) is 5.69 Å². The minimum atomic E-state index is -0.474. The first-order valence-electron chi connectivity index (χ1n) is 6.46. The van der Waals surface area contributed by atoms with E-state index in [1.165, 1.54) is 0 Å². The highest BCUT2D eigenvalue weighted by Gasteiger charge is 2.27. The van der Waals surface area contributed by atoms with Gasteiger partial charge < -0.3 is 15.3 Å². The Morgan fingerprint density at radius 3 is 2.94 bits per heavy atom. The fraction of sp³-hybridized carbons (Fsp3) is 0.500. The Kier molecular flexibility index (Phi) is 3.87. The number of carbonyl (C=O) groups is 1. The van der Waals surface area contributed by atoms with Gasteiger partial charge in [0.25, 0.3) is 0 Å². The van der Waals surface area contributed by atoms with E-state index in [-0.39, 0.29) is 11.9 Å². The third kappa shape index (κ3) is 2.34. The lowest BCUT2D eigenvalue weighted by molar-refractivity contribution is -0.122. The van der Waals surface area contributed by atoms with Gasteiger partial charge in [-0.05, 0) is 19.4 Å². The van der Waals surface area contributed by atoms with Crippen LogP contribution in [0.15, 0.2) is 24.3 Å². The van der Waals surface area contributed by atoms with Crippen LogP contribution >= 0.6 is 0 Å². The summed E-state index contributed by atoms with van der Waals surface area (Å²) in [5.74, 6) is 0.0436. The van der Waals surface area contributed by atoms with Crippen molar-refractivity contribution in [1.29, 1.82) is 0 Å². The van der Waals surface area contributed by atoms with Gasteiger partial charge in [-0.25, -0.2) is 0 Å². The van der Waals surface area contributed by atoms with E-state index in [0.29, 0.717) is 13.0 Å². The minimum absolute atomic E-state index is 0.0436. The maximum atomic E-state index is 11.7. The van der Waals surface area contributed by atoms with Crippen LogP contribution in [0.25, 0.3) is 0 Å². The maximum Gasteiger partial charge on any atom is 0.242 e. The molecule has 98 valence electrons. The van der Waals surface area contributed by atoms with Crippen molar-refractivity contribution in [3.05, 3.63) is 29.8 Å². The molecule has 2 rings (SSSR count). The zero-order chi connectivity index (χ0) is 13.1. The predicted octanol–water partition coefficient (Wildman–Crippen LogP) is 1.45. The van der Waals surface area contributed by atoms with E-state index in [9.17, 15) is 9.90 Å². The summed E-state index contributed by atoms with van der Waals surface area (Å²) >= 11 is 0. The third-order valence-electron chi connectivity index (χ3n) is 3.49. The van der Waals surface area contributed by atoms with E-state index in [4.69, 9.17) is 0 Å². The molecule has 18 heavy (non-hydrogen) atoms. The molecule has 2 atom stereocenters. The average Bonchev–Trinajstić information content (AvgIpc) is 2.41. The molecule has 0 saturated carbocycles. The zero-order valence-electron chi connectivity index (χ0n) is 10.9. The molecule has 0 aliphatic carbocycles. The number of hydrogen-bond acceptors (Lipinski definition) is 3. The largest absolute Gasteiger partial charge is 0.388 e. The zero-order valence-corrected chi connectivity index (χ0v) is 10.9. The van der Waals surface area contributed by atoms with Crippen molar-refractivity contribution in [1.82, 2.24) is 5.32 Å². The first kappa shape index (κ1) is 12.9. The van der Waals surface area contributed by atoms with Crippen molar-refractivity contribution in [3.63, 3.8) is 0 Å². The second-order valence-electron chi connectivity index (χ2n) is 4.64. The number of aliphatic hydroxyl groups excluding tert-OH is 1. The summed E-state index contributed by atoms with van der Waals surface area (Å²) in [5, 5.41) is 12.9. The Balaban J connectivity index is 2.35. The van der Waals surface area contributed by atoms with Crippen molar-refractivity contribution < 1.29 is 9.90 Å². The lowest BCUT2D eigenvalue weighted by Gasteiger charge is -2.36. The van der Waals surface area contributed by atoms with Crippen LogP contribution in [0, 0.1) is 0 Å². The number of para-hydroxylation sites is 1. The number of carbonyl (C=O) groups excluding carboxylic acids is 1. The topological polar surface area (TPSA) is 52.6 Å². The SMILES string of the molecule is CC[C@H](O)c1ccccc1N1CCNC(=O)C1C. The summed E-state index contributed by atoms with van der Waals surface area (Å²) in [5.41, 5.74) is 1.87. The van der Waals surface area contributed by atoms with Crippen molar-refractivity contribution in [2.24, 2.45) is 0 Å². The molecular formula is C14H20N2O2. The molecule has 0 spiro atoms. The molecule has 1 aliphatic heterocycles. The Morgan fingerprint density at radius 2 is 2.22 bits per heavy atom. The highest BCUT2D eigenvalue weighted by molar-refractivity contribution is 5.86.